The van der Waals surface area contributed by atoms with Gasteiger partial charge >= 0.3 is 0 Å². The molecule has 0 radical (unpaired) electrons. The van der Waals surface area contributed by atoms with Gasteiger partial charge in [0.25, 0.3) is 5.91 Å². The molecule has 2 aromatic carbocycles. The largest absolute Gasteiger partial charge is 0.369 e. The van der Waals surface area contributed by atoms with Crippen LogP contribution in [0.3, 0.4) is 0 Å². The molecule has 3 amide bonds. The molecule has 0 aliphatic carbocycles. The van der Waals surface area contributed by atoms with Crippen molar-refractivity contribution in [3.05, 3.63) is 66.4 Å². The lowest BCUT2D eigenvalue weighted by molar-refractivity contribution is -0.125. The number of carbonyl (C=O) groups excluding carboxylic acids is 3. The molecular formula is C27H29N5O3. The van der Waals surface area contributed by atoms with Crippen molar-refractivity contribution in [1.29, 1.82) is 0 Å². The second-order valence-corrected chi connectivity index (χ2v) is 9.25. The van der Waals surface area contributed by atoms with E-state index in [-0.39, 0.29) is 23.4 Å². The summed E-state index contributed by atoms with van der Waals surface area (Å²) in [5.41, 5.74) is 8.13. The first kappa shape index (κ1) is 23.0. The van der Waals surface area contributed by atoms with E-state index in [4.69, 9.17) is 5.73 Å². The van der Waals surface area contributed by atoms with Crippen LogP contribution in [0.5, 0.6) is 0 Å². The number of aromatic nitrogens is 1. The molecule has 8 nitrogen and oxygen atoms in total. The predicted octanol–water partition coefficient (Wildman–Crippen LogP) is 2.74. The highest BCUT2D eigenvalue weighted by molar-refractivity contribution is 6.52. The minimum absolute atomic E-state index is 0.00536. The number of para-hydroxylation sites is 2. The number of hydrogen-bond donors (Lipinski definition) is 2. The van der Waals surface area contributed by atoms with Crippen LogP contribution < -0.4 is 11.1 Å². The van der Waals surface area contributed by atoms with Gasteiger partial charge in [0.15, 0.2) is 0 Å². The number of carbonyl (C=O) groups is 3. The molecule has 1 aromatic heterocycles. The minimum atomic E-state index is -0.748. The Morgan fingerprint density at radius 3 is 2.46 bits per heavy atom. The highest BCUT2D eigenvalue weighted by Gasteiger charge is 2.40. The minimum Gasteiger partial charge on any atom is -0.369 e. The van der Waals surface area contributed by atoms with Crippen molar-refractivity contribution in [2.45, 2.75) is 31.7 Å². The molecule has 0 bridgehead atoms. The molecule has 0 saturated carbocycles. The van der Waals surface area contributed by atoms with Gasteiger partial charge in [-0.05, 0) is 62.7 Å². The summed E-state index contributed by atoms with van der Waals surface area (Å²) in [5, 5.41) is 3.40. The van der Waals surface area contributed by atoms with Crippen molar-refractivity contribution < 1.29 is 14.4 Å². The molecule has 5 rings (SSSR count). The Labute approximate surface area is 203 Å². The Bertz CT molecular complexity index is 1290. The topological polar surface area (TPSA) is 110 Å². The summed E-state index contributed by atoms with van der Waals surface area (Å²) in [4.78, 5) is 43.8. The Hall–Kier alpha value is -3.78. The quantitative estimate of drug-likeness (QED) is 0.516. The van der Waals surface area contributed by atoms with E-state index in [0.717, 1.165) is 61.9 Å². The fourth-order valence-corrected chi connectivity index (χ4v) is 5.14. The number of primary amides is 1. The molecule has 180 valence electrons. The lowest BCUT2D eigenvalue weighted by atomic mass is 9.95. The molecule has 3 heterocycles. The summed E-state index contributed by atoms with van der Waals surface area (Å²) >= 11 is 0. The molecule has 35 heavy (non-hydrogen) atoms. The van der Waals surface area contributed by atoms with Gasteiger partial charge in [-0.1, -0.05) is 36.4 Å². The molecule has 2 saturated heterocycles. The van der Waals surface area contributed by atoms with E-state index < -0.39 is 11.8 Å². The highest BCUT2D eigenvalue weighted by Crippen LogP contribution is 2.33. The molecule has 2 fully saturated rings. The van der Waals surface area contributed by atoms with Gasteiger partial charge in [0.05, 0.1) is 5.69 Å². The number of nitrogens with zero attached hydrogens (tertiary/aromatic N) is 3. The number of amides is 3. The van der Waals surface area contributed by atoms with Gasteiger partial charge in [0, 0.05) is 29.6 Å². The maximum absolute atomic E-state index is 12.9. The second-order valence-electron chi connectivity index (χ2n) is 9.25. The number of imide groups is 1. The molecule has 2 aliphatic rings. The van der Waals surface area contributed by atoms with Crippen molar-refractivity contribution in [3.8, 4) is 0 Å². The third kappa shape index (κ3) is 4.74. The first-order chi connectivity index (χ1) is 17.0. The van der Waals surface area contributed by atoms with Crippen molar-refractivity contribution in [2.75, 3.05) is 19.6 Å². The SMILES string of the molecule is NC(=O)C1CCN(CCCn2cc(C3C(=O)NC(=O)C3=Nc3ccccc3)c3ccccc32)CC1. The van der Waals surface area contributed by atoms with Gasteiger partial charge in [0.2, 0.25) is 11.8 Å². The number of likely N-dealkylation sites (tertiary alicyclic amines) is 1. The van der Waals surface area contributed by atoms with E-state index in [2.05, 4.69) is 19.8 Å². The van der Waals surface area contributed by atoms with E-state index >= 15 is 0 Å². The van der Waals surface area contributed by atoms with Gasteiger partial charge in [0.1, 0.15) is 11.6 Å². The first-order valence-corrected chi connectivity index (χ1v) is 12.1. The van der Waals surface area contributed by atoms with Gasteiger partial charge in [-0.3, -0.25) is 19.7 Å². The van der Waals surface area contributed by atoms with Crippen LogP contribution in [-0.2, 0) is 20.9 Å². The van der Waals surface area contributed by atoms with Crippen LogP contribution in [0, 0.1) is 5.92 Å². The fourth-order valence-electron chi connectivity index (χ4n) is 5.14. The summed E-state index contributed by atoms with van der Waals surface area (Å²) in [6.45, 7) is 3.48. The maximum Gasteiger partial charge on any atom is 0.273 e. The smallest absolute Gasteiger partial charge is 0.273 e. The molecule has 1 unspecified atom stereocenters. The Morgan fingerprint density at radius 1 is 1.00 bits per heavy atom. The van der Waals surface area contributed by atoms with Crippen molar-refractivity contribution >= 4 is 40.0 Å². The van der Waals surface area contributed by atoms with E-state index in [1.54, 1.807) is 0 Å². The zero-order valence-corrected chi connectivity index (χ0v) is 19.5. The van der Waals surface area contributed by atoms with Crippen LogP contribution in [0.15, 0.2) is 65.8 Å². The summed E-state index contributed by atoms with van der Waals surface area (Å²) in [6.07, 6.45) is 4.56. The Balaban J connectivity index is 1.37. The lowest BCUT2D eigenvalue weighted by Crippen LogP contribution is -2.39. The molecule has 2 aliphatic heterocycles. The molecular weight excluding hydrogens is 442 g/mol. The second kappa shape index (κ2) is 9.84. The number of nitrogens with one attached hydrogen (secondary N) is 1. The lowest BCUT2D eigenvalue weighted by Gasteiger charge is -2.30. The van der Waals surface area contributed by atoms with Crippen molar-refractivity contribution in [1.82, 2.24) is 14.8 Å². The van der Waals surface area contributed by atoms with Gasteiger partial charge in [-0.15, -0.1) is 0 Å². The van der Waals surface area contributed by atoms with Crippen LogP contribution in [0.1, 0.15) is 30.7 Å². The fraction of sp³-hybridized carbons (Fsp3) is 0.333. The van der Waals surface area contributed by atoms with E-state index in [1.165, 1.54) is 0 Å². The standard InChI is InChI=1S/C27H29N5O3/c28-25(33)18-11-15-31(16-12-18)13-6-14-32-17-21(20-9-4-5-10-22(20)32)23-24(27(35)30-26(23)34)29-19-7-2-1-3-8-19/h1-5,7-10,17-18,23H,6,11-16H2,(H2,28,33)(H,30,34,35). The van der Waals surface area contributed by atoms with E-state index in [9.17, 15) is 14.4 Å². The number of aliphatic imine (C=N–C) groups is 1. The van der Waals surface area contributed by atoms with Crippen molar-refractivity contribution in [2.24, 2.45) is 16.6 Å². The number of benzene rings is 2. The van der Waals surface area contributed by atoms with Crippen LogP contribution in [0.4, 0.5) is 5.69 Å². The Kier molecular flexibility index (Phi) is 6.46. The normalized spacial score (nSPS) is 20.6. The monoisotopic (exact) mass is 471 g/mol. The van der Waals surface area contributed by atoms with Crippen molar-refractivity contribution in [3.63, 3.8) is 0 Å². The number of nitrogens with two attached hydrogens (primary N) is 1. The van der Waals surface area contributed by atoms with Crippen LogP contribution in [0.2, 0.25) is 0 Å². The maximum atomic E-state index is 12.9. The third-order valence-electron chi connectivity index (χ3n) is 7.00. The van der Waals surface area contributed by atoms with E-state index in [1.807, 2.05) is 60.8 Å². The third-order valence-corrected chi connectivity index (χ3v) is 7.00. The number of hydrogen-bond acceptors (Lipinski definition) is 5. The Morgan fingerprint density at radius 2 is 1.71 bits per heavy atom. The van der Waals surface area contributed by atoms with E-state index in [0.29, 0.717) is 5.69 Å². The summed E-state index contributed by atoms with van der Waals surface area (Å²) < 4.78 is 2.16. The summed E-state index contributed by atoms with van der Waals surface area (Å²) in [7, 11) is 0. The van der Waals surface area contributed by atoms with Gasteiger partial charge in [-0.2, -0.15) is 0 Å². The number of rotatable bonds is 7. The molecule has 0 spiro atoms. The zero-order chi connectivity index (χ0) is 24.4. The van der Waals surface area contributed by atoms with Crippen LogP contribution in [0.25, 0.3) is 10.9 Å². The number of fused-ring (bicyclic) bond motifs is 1. The molecule has 1 atom stereocenters. The molecule has 3 N–H and O–H groups in total. The van der Waals surface area contributed by atoms with Crippen LogP contribution in [-0.4, -0.2) is 52.5 Å². The van der Waals surface area contributed by atoms with Gasteiger partial charge < -0.3 is 15.2 Å². The van der Waals surface area contributed by atoms with Gasteiger partial charge in [-0.25, -0.2) is 4.99 Å². The average Bonchev–Trinajstić information content (AvgIpc) is 3.36. The molecule has 3 aromatic rings. The zero-order valence-electron chi connectivity index (χ0n) is 19.5. The highest BCUT2D eigenvalue weighted by atomic mass is 16.2. The summed E-state index contributed by atoms with van der Waals surface area (Å²) in [6, 6.07) is 17.2. The first-order valence-electron chi connectivity index (χ1n) is 12.1. The average molecular weight is 472 g/mol. The predicted molar refractivity (Wildman–Crippen MR) is 134 cm³/mol. The number of aryl methyl sites for hydroxylation is 1. The molecule has 8 heteroatoms. The van der Waals surface area contributed by atoms with Crippen LogP contribution >= 0.6 is 0 Å². The summed E-state index contributed by atoms with van der Waals surface area (Å²) in [5.74, 6) is -1.73. The number of piperidine rings is 1.